The van der Waals surface area contributed by atoms with Gasteiger partial charge < -0.3 is 4.74 Å². The molecule has 1 aromatic heterocycles. The molecule has 7 heteroatoms. The van der Waals surface area contributed by atoms with E-state index >= 15 is 0 Å². The first-order valence-corrected chi connectivity index (χ1v) is 5.88. The lowest BCUT2D eigenvalue weighted by molar-refractivity contribution is -0.385. The largest absolute Gasteiger partial charge is 0.456 e. The van der Waals surface area contributed by atoms with E-state index in [-0.39, 0.29) is 15.9 Å². The van der Waals surface area contributed by atoms with Gasteiger partial charge in [-0.3, -0.25) is 10.1 Å². The average Bonchev–Trinajstić information content (AvgIpc) is 2.41. The van der Waals surface area contributed by atoms with Crippen LogP contribution in [0, 0.1) is 21.4 Å². The summed E-state index contributed by atoms with van der Waals surface area (Å²) in [7, 11) is 0. The number of nitro benzene ring substituents is 1. The topological polar surface area (TPSA) is 89.0 Å². The van der Waals surface area contributed by atoms with Crippen LogP contribution in [0.4, 0.5) is 5.69 Å². The molecule has 0 radical (unpaired) electrons. The molecule has 0 fully saturated rings. The Hall–Kier alpha value is -2.46. The van der Waals surface area contributed by atoms with Crippen molar-refractivity contribution < 1.29 is 9.66 Å². The zero-order chi connectivity index (χ0) is 13.8. The van der Waals surface area contributed by atoms with Crippen LogP contribution in [-0.4, -0.2) is 9.91 Å². The maximum atomic E-state index is 10.8. The summed E-state index contributed by atoms with van der Waals surface area (Å²) in [5, 5.41) is 19.5. The number of nitriles is 1. The normalized spacial score (nSPS) is 9.68. The Labute approximate surface area is 116 Å². The SMILES string of the molecule is N#Cc1cc(Oc2cccc([N+](=O)[O-])c2Br)ccn1. The molecule has 2 aromatic rings. The molecule has 6 nitrogen and oxygen atoms in total. The third kappa shape index (κ3) is 2.86. The van der Waals surface area contributed by atoms with Gasteiger partial charge in [-0.05, 0) is 28.1 Å². The van der Waals surface area contributed by atoms with E-state index in [1.807, 2.05) is 6.07 Å². The van der Waals surface area contributed by atoms with Crippen molar-refractivity contribution in [3.8, 4) is 17.6 Å². The van der Waals surface area contributed by atoms with Crippen LogP contribution in [0.5, 0.6) is 11.5 Å². The summed E-state index contributed by atoms with van der Waals surface area (Å²) in [6, 6.07) is 9.37. The standard InChI is InChI=1S/C12H6BrN3O3/c13-12-10(16(17)18)2-1-3-11(12)19-9-4-5-15-8(6-9)7-14/h1-6H. The van der Waals surface area contributed by atoms with Gasteiger partial charge in [-0.15, -0.1) is 0 Å². The van der Waals surface area contributed by atoms with Gasteiger partial charge in [-0.1, -0.05) is 6.07 Å². The minimum absolute atomic E-state index is 0.0907. The number of nitro groups is 1. The molecule has 0 amide bonds. The molecule has 1 aromatic carbocycles. The first-order valence-electron chi connectivity index (χ1n) is 5.08. The van der Waals surface area contributed by atoms with Gasteiger partial charge in [-0.25, -0.2) is 4.98 Å². The molecule has 0 spiro atoms. The van der Waals surface area contributed by atoms with Crippen molar-refractivity contribution in [2.75, 3.05) is 0 Å². The van der Waals surface area contributed by atoms with Crippen molar-refractivity contribution in [3.05, 3.63) is 56.8 Å². The summed E-state index contributed by atoms with van der Waals surface area (Å²) in [5.74, 6) is 0.678. The molecule has 0 saturated carbocycles. The summed E-state index contributed by atoms with van der Waals surface area (Å²) < 4.78 is 5.75. The van der Waals surface area contributed by atoms with Crippen LogP contribution in [0.1, 0.15) is 5.69 Å². The summed E-state index contributed by atoms with van der Waals surface area (Å²) in [5.41, 5.74) is 0.117. The van der Waals surface area contributed by atoms with Crippen LogP contribution < -0.4 is 4.74 Å². The highest BCUT2D eigenvalue weighted by atomic mass is 79.9. The van der Waals surface area contributed by atoms with Crippen LogP contribution in [0.2, 0.25) is 0 Å². The van der Waals surface area contributed by atoms with Crippen molar-refractivity contribution in [3.63, 3.8) is 0 Å². The highest BCUT2D eigenvalue weighted by Gasteiger charge is 2.16. The molecule has 0 saturated heterocycles. The third-order valence-corrected chi connectivity index (χ3v) is 3.01. The second-order valence-corrected chi connectivity index (χ2v) is 4.23. The lowest BCUT2D eigenvalue weighted by atomic mass is 10.3. The molecule has 19 heavy (non-hydrogen) atoms. The minimum Gasteiger partial charge on any atom is -0.456 e. The monoisotopic (exact) mass is 319 g/mol. The number of pyridine rings is 1. The van der Waals surface area contributed by atoms with Gasteiger partial charge in [0.2, 0.25) is 0 Å². The summed E-state index contributed by atoms with van der Waals surface area (Å²) in [6.45, 7) is 0. The number of nitrogens with zero attached hydrogens (tertiary/aromatic N) is 3. The van der Waals surface area contributed by atoms with Crippen molar-refractivity contribution in [2.45, 2.75) is 0 Å². The van der Waals surface area contributed by atoms with Gasteiger partial charge in [0.25, 0.3) is 5.69 Å². The highest BCUT2D eigenvalue weighted by molar-refractivity contribution is 9.10. The first kappa shape index (κ1) is 13.0. The summed E-state index contributed by atoms with van der Waals surface area (Å²) in [4.78, 5) is 14.1. The predicted octanol–water partition coefficient (Wildman–Crippen LogP) is 3.42. The Morgan fingerprint density at radius 1 is 1.42 bits per heavy atom. The molecule has 0 unspecified atom stereocenters. The number of hydrogen-bond acceptors (Lipinski definition) is 5. The van der Waals surface area contributed by atoms with E-state index in [1.165, 1.54) is 24.4 Å². The Bertz CT molecular complexity index is 682. The number of aromatic nitrogens is 1. The molecule has 0 bridgehead atoms. The van der Waals surface area contributed by atoms with Crippen LogP contribution >= 0.6 is 15.9 Å². The van der Waals surface area contributed by atoms with E-state index in [4.69, 9.17) is 10.00 Å². The van der Waals surface area contributed by atoms with Gasteiger partial charge in [0.1, 0.15) is 27.7 Å². The summed E-state index contributed by atoms with van der Waals surface area (Å²) >= 11 is 3.13. The van der Waals surface area contributed by atoms with Crippen LogP contribution in [0.25, 0.3) is 0 Å². The van der Waals surface area contributed by atoms with Crippen molar-refractivity contribution in [1.82, 2.24) is 4.98 Å². The van der Waals surface area contributed by atoms with E-state index in [0.717, 1.165) is 0 Å². The van der Waals surface area contributed by atoms with Gasteiger partial charge in [0, 0.05) is 18.3 Å². The summed E-state index contributed by atoms with van der Waals surface area (Å²) in [6.07, 6.45) is 1.43. The van der Waals surface area contributed by atoms with E-state index in [1.54, 1.807) is 12.1 Å². The molecule has 1 heterocycles. The number of benzene rings is 1. The zero-order valence-electron chi connectivity index (χ0n) is 9.41. The lowest BCUT2D eigenvalue weighted by Crippen LogP contribution is -1.93. The molecule has 0 aliphatic carbocycles. The molecular formula is C12H6BrN3O3. The van der Waals surface area contributed by atoms with Gasteiger partial charge in [0.15, 0.2) is 0 Å². The smallest absolute Gasteiger partial charge is 0.287 e. The van der Waals surface area contributed by atoms with Crippen LogP contribution in [-0.2, 0) is 0 Å². The fourth-order valence-electron chi connectivity index (χ4n) is 1.38. The molecule has 2 rings (SSSR count). The fraction of sp³-hybridized carbons (Fsp3) is 0. The van der Waals surface area contributed by atoms with Crippen LogP contribution in [0.15, 0.2) is 41.0 Å². The third-order valence-electron chi connectivity index (χ3n) is 2.21. The Morgan fingerprint density at radius 3 is 2.89 bits per heavy atom. The number of rotatable bonds is 3. The average molecular weight is 320 g/mol. The Morgan fingerprint density at radius 2 is 2.21 bits per heavy atom. The highest BCUT2D eigenvalue weighted by Crippen LogP contribution is 2.36. The molecule has 94 valence electrons. The lowest BCUT2D eigenvalue weighted by Gasteiger charge is -2.07. The van der Waals surface area contributed by atoms with E-state index < -0.39 is 4.92 Å². The molecule has 0 atom stereocenters. The fourth-order valence-corrected chi connectivity index (χ4v) is 1.87. The van der Waals surface area contributed by atoms with E-state index in [0.29, 0.717) is 11.5 Å². The quantitative estimate of drug-likeness (QED) is 0.638. The van der Waals surface area contributed by atoms with Gasteiger partial charge in [-0.2, -0.15) is 5.26 Å². The second kappa shape index (κ2) is 5.46. The first-order chi connectivity index (χ1) is 9.11. The maximum Gasteiger partial charge on any atom is 0.287 e. The Balaban J connectivity index is 2.36. The van der Waals surface area contributed by atoms with Crippen molar-refractivity contribution >= 4 is 21.6 Å². The number of hydrogen-bond donors (Lipinski definition) is 0. The van der Waals surface area contributed by atoms with Crippen molar-refractivity contribution in [1.29, 1.82) is 5.26 Å². The zero-order valence-corrected chi connectivity index (χ0v) is 11.0. The minimum atomic E-state index is -0.510. The number of halogens is 1. The van der Waals surface area contributed by atoms with Gasteiger partial charge in [0.05, 0.1) is 4.92 Å². The number of ether oxygens (including phenoxy) is 1. The van der Waals surface area contributed by atoms with E-state index in [9.17, 15) is 10.1 Å². The van der Waals surface area contributed by atoms with Crippen LogP contribution in [0.3, 0.4) is 0 Å². The van der Waals surface area contributed by atoms with Crippen molar-refractivity contribution in [2.24, 2.45) is 0 Å². The molecule has 0 aliphatic rings. The predicted molar refractivity (Wildman–Crippen MR) is 69.8 cm³/mol. The van der Waals surface area contributed by atoms with E-state index in [2.05, 4.69) is 20.9 Å². The second-order valence-electron chi connectivity index (χ2n) is 3.44. The molecule has 0 N–H and O–H groups in total. The molecule has 0 aliphatic heterocycles. The maximum absolute atomic E-state index is 10.8. The molecular weight excluding hydrogens is 314 g/mol. The Kier molecular flexibility index (Phi) is 3.73. The van der Waals surface area contributed by atoms with Gasteiger partial charge >= 0.3 is 0 Å².